The van der Waals surface area contributed by atoms with Gasteiger partial charge in [-0.05, 0) is 86.7 Å². The summed E-state index contributed by atoms with van der Waals surface area (Å²) in [5.41, 5.74) is 7.64. The van der Waals surface area contributed by atoms with Crippen LogP contribution in [0.2, 0.25) is 0 Å². The summed E-state index contributed by atoms with van der Waals surface area (Å²) in [6.45, 7) is 0. The molecule has 1 heterocycles. The van der Waals surface area contributed by atoms with Gasteiger partial charge in [-0.2, -0.15) is 0 Å². The summed E-state index contributed by atoms with van der Waals surface area (Å²) in [5.74, 6) is 3.84. The van der Waals surface area contributed by atoms with Gasteiger partial charge in [0.2, 0.25) is 0 Å². The van der Waals surface area contributed by atoms with E-state index in [9.17, 15) is 0 Å². The molecule has 0 saturated heterocycles. The highest BCUT2D eigenvalue weighted by molar-refractivity contribution is 5.28. The minimum absolute atomic E-state index is 0.668. The van der Waals surface area contributed by atoms with Crippen molar-refractivity contribution in [3.63, 3.8) is 0 Å². The van der Waals surface area contributed by atoms with Crippen LogP contribution in [0.15, 0.2) is 18.2 Å². The Balaban J connectivity index is 1.48. The largest absolute Gasteiger partial charge is 0.384 e. The van der Waals surface area contributed by atoms with Crippen LogP contribution in [0.1, 0.15) is 50.6 Å². The van der Waals surface area contributed by atoms with Gasteiger partial charge >= 0.3 is 0 Å². The van der Waals surface area contributed by atoms with Crippen molar-refractivity contribution in [1.82, 2.24) is 4.98 Å². The Labute approximate surface area is 115 Å². The zero-order chi connectivity index (χ0) is 12.9. The number of nitrogens with two attached hydrogens (primary N) is 1. The van der Waals surface area contributed by atoms with E-state index in [0.29, 0.717) is 11.2 Å². The normalized spacial score (nSPS) is 39.7. The van der Waals surface area contributed by atoms with E-state index in [4.69, 9.17) is 5.73 Å². The van der Waals surface area contributed by atoms with Gasteiger partial charge < -0.3 is 5.73 Å². The molecule has 0 atom stereocenters. The summed E-state index contributed by atoms with van der Waals surface area (Å²) in [6, 6.07) is 6.06. The Hall–Kier alpha value is -1.05. The van der Waals surface area contributed by atoms with Crippen LogP contribution in [0.5, 0.6) is 0 Å². The number of aromatic nitrogens is 1. The second-order valence-corrected chi connectivity index (χ2v) is 7.47. The van der Waals surface area contributed by atoms with Crippen molar-refractivity contribution in [2.45, 2.75) is 51.4 Å². The van der Waals surface area contributed by atoms with Crippen LogP contribution in [0.3, 0.4) is 0 Å². The zero-order valence-electron chi connectivity index (χ0n) is 11.6. The molecule has 0 unspecified atom stereocenters. The first-order chi connectivity index (χ1) is 9.21. The third-order valence-corrected chi connectivity index (χ3v) is 5.90. The molecule has 19 heavy (non-hydrogen) atoms. The van der Waals surface area contributed by atoms with Crippen LogP contribution in [0, 0.1) is 23.2 Å². The molecule has 1 aromatic rings. The van der Waals surface area contributed by atoms with Crippen LogP contribution < -0.4 is 5.73 Å². The van der Waals surface area contributed by atoms with E-state index in [0.717, 1.165) is 24.2 Å². The number of hydrogen-bond acceptors (Lipinski definition) is 2. The van der Waals surface area contributed by atoms with Crippen LogP contribution in [0.4, 0.5) is 5.82 Å². The first-order valence-electron chi connectivity index (χ1n) is 7.92. The third kappa shape index (κ3) is 2.15. The molecule has 4 fully saturated rings. The number of pyridine rings is 1. The maximum absolute atomic E-state index is 5.78. The van der Waals surface area contributed by atoms with Crippen molar-refractivity contribution in [2.75, 3.05) is 5.73 Å². The zero-order valence-corrected chi connectivity index (χ0v) is 11.6. The van der Waals surface area contributed by atoms with Crippen LogP contribution in [-0.4, -0.2) is 4.98 Å². The van der Waals surface area contributed by atoms with Gasteiger partial charge in [-0.1, -0.05) is 6.07 Å². The maximum atomic E-state index is 5.78. The van der Waals surface area contributed by atoms with Gasteiger partial charge in [0.25, 0.3) is 0 Å². The van der Waals surface area contributed by atoms with Crippen molar-refractivity contribution >= 4 is 5.82 Å². The Morgan fingerprint density at radius 3 is 2.26 bits per heavy atom. The van der Waals surface area contributed by atoms with E-state index in [-0.39, 0.29) is 0 Å². The molecule has 0 aliphatic heterocycles. The van der Waals surface area contributed by atoms with Crippen molar-refractivity contribution < 1.29 is 0 Å². The average Bonchev–Trinajstić information content (AvgIpc) is 2.35. The number of aryl methyl sites for hydroxylation is 1. The summed E-state index contributed by atoms with van der Waals surface area (Å²) in [6.07, 6.45) is 11.6. The monoisotopic (exact) mass is 256 g/mol. The summed E-state index contributed by atoms with van der Waals surface area (Å²) >= 11 is 0. The Morgan fingerprint density at radius 1 is 1.05 bits per heavy atom. The molecule has 102 valence electrons. The molecule has 0 spiro atoms. The molecule has 4 aliphatic rings. The summed E-state index contributed by atoms with van der Waals surface area (Å²) in [7, 11) is 0. The highest BCUT2D eigenvalue weighted by Gasteiger charge is 2.50. The molecule has 2 heteroatoms. The summed E-state index contributed by atoms with van der Waals surface area (Å²) in [5, 5.41) is 0. The lowest BCUT2D eigenvalue weighted by atomic mass is 9.48. The van der Waals surface area contributed by atoms with E-state index >= 15 is 0 Å². The average molecular weight is 256 g/mol. The SMILES string of the molecule is Nc1cccc(CCC23CC4CC(CC(C4)C2)C3)n1. The second-order valence-electron chi connectivity index (χ2n) is 7.47. The van der Waals surface area contributed by atoms with E-state index < -0.39 is 0 Å². The minimum atomic E-state index is 0.668. The lowest BCUT2D eigenvalue weighted by molar-refractivity contribution is -0.0570. The second kappa shape index (κ2) is 4.22. The molecule has 1 aromatic heterocycles. The van der Waals surface area contributed by atoms with E-state index in [1.54, 1.807) is 0 Å². The van der Waals surface area contributed by atoms with Crippen molar-refractivity contribution in [1.29, 1.82) is 0 Å². The molecule has 4 bridgehead atoms. The Bertz CT molecular complexity index is 445. The number of hydrogen-bond donors (Lipinski definition) is 1. The highest BCUT2D eigenvalue weighted by atomic mass is 14.8. The predicted octanol–water partition coefficient (Wildman–Crippen LogP) is 3.81. The lowest BCUT2D eigenvalue weighted by Crippen LogP contribution is -2.46. The smallest absolute Gasteiger partial charge is 0.123 e. The number of rotatable bonds is 3. The molecular formula is C17H24N2. The fraction of sp³-hybridized carbons (Fsp3) is 0.706. The standard InChI is InChI=1S/C17H24N2/c18-16-3-1-2-15(19-16)4-5-17-9-12-6-13(10-17)8-14(7-12)11-17/h1-3,12-14H,4-11H2,(H2,18,19). The van der Waals surface area contributed by atoms with E-state index in [1.807, 2.05) is 12.1 Å². The summed E-state index contributed by atoms with van der Waals surface area (Å²) < 4.78 is 0. The van der Waals surface area contributed by atoms with E-state index in [1.165, 1.54) is 50.6 Å². The van der Waals surface area contributed by atoms with Crippen molar-refractivity contribution in [3.8, 4) is 0 Å². The fourth-order valence-electron chi connectivity index (χ4n) is 5.63. The topological polar surface area (TPSA) is 38.9 Å². The molecule has 5 rings (SSSR count). The quantitative estimate of drug-likeness (QED) is 0.893. The third-order valence-electron chi connectivity index (χ3n) is 5.90. The maximum Gasteiger partial charge on any atom is 0.123 e. The van der Waals surface area contributed by atoms with Gasteiger partial charge in [0, 0.05) is 5.69 Å². The first kappa shape index (κ1) is 11.7. The van der Waals surface area contributed by atoms with Gasteiger partial charge in [0.1, 0.15) is 5.82 Å². The van der Waals surface area contributed by atoms with Crippen molar-refractivity contribution in [3.05, 3.63) is 23.9 Å². The Kier molecular flexibility index (Phi) is 2.61. The van der Waals surface area contributed by atoms with Gasteiger partial charge in [-0.15, -0.1) is 0 Å². The number of anilines is 1. The molecule has 4 saturated carbocycles. The molecular weight excluding hydrogens is 232 g/mol. The van der Waals surface area contributed by atoms with Crippen LogP contribution in [0.25, 0.3) is 0 Å². The summed E-state index contributed by atoms with van der Waals surface area (Å²) in [4.78, 5) is 4.47. The highest BCUT2D eigenvalue weighted by Crippen LogP contribution is 2.61. The molecule has 0 radical (unpaired) electrons. The number of nitrogen functional groups attached to an aromatic ring is 1. The van der Waals surface area contributed by atoms with E-state index in [2.05, 4.69) is 11.1 Å². The molecule has 0 aromatic carbocycles. The lowest BCUT2D eigenvalue weighted by Gasteiger charge is -2.57. The molecule has 0 amide bonds. The van der Waals surface area contributed by atoms with Gasteiger partial charge in [-0.3, -0.25) is 0 Å². The fourth-order valence-corrected chi connectivity index (χ4v) is 5.63. The van der Waals surface area contributed by atoms with Gasteiger partial charge in [0.05, 0.1) is 0 Å². The molecule has 2 nitrogen and oxygen atoms in total. The molecule has 2 N–H and O–H groups in total. The molecule has 4 aliphatic carbocycles. The predicted molar refractivity (Wildman–Crippen MR) is 77.6 cm³/mol. The van der Waals surface area contributed by atoms with Gasteiger partial charge in [0.15, 0.2) is 0 Å². The number of nitrogens with zero attached hydrogens (tertiary/aromatic N) is 1. The van der Waals surface area contributed by atoms with Crippen LogP contribution >= 0.6 is 0 Å². The first-order valence-corrected chi connectivity index (χ1v) is 7.92. The minimum Gasteiger partial charge on any atom is -0.384 e. The Morgan fingerprint density at radius 2 is 1.68 bits per heavy atom. The van der Waals surface area contributed by atoms with Crippen molar-refractivity contribution in [2.24, 2.45) is 23.2 Å². The van der Waals surface area contributed by atoms with Crippen LogP contribution in [-0.2, 0) is 6.42 Å². The van der Waals surface area contributed by atoms with Gasteiger partial charge in [-0.25, -0.2) is 4.98 Å².